The monoisotopic (exact) mass is 667 g/mol. The molecular formula is C38H37NO10. The molecule has 1 spiro atoms. The summed E-state index contributed by atoms with van der Waals surface area (Å²) in [5.74, 6) is -1.52. The SMILES string of the molecule is O=C(O)C1O[C@@H](OC2(c3ccccc3)CCC3(CC2)C(=O)N(c2ccccc2)[C@@H]3c2ccc(-c3cccc(O)c3)cc2O)C(O)[C@@H](O)[C@@H]1O. The molecule has 254 valence electrons. The van der Waals surface area contributed by atoms with Crippen LogP contribution >= 0.6 is 0 Å². The van der Waals surface area contributed by atoms with Gasteiger partial charge < -0.3 is 45.0 Å². The minimum absolute atomic E-state index is 0.000723. The topological polar surface area (TPSA) is 177 Å². The van der Waals surface area contributed by atoms with E-state index in [2.05, 4.69) is 0 Å². The number of nitrogens with zero attached hydrogens (tertiary/aromatic N) is 1. The van der Waals surface area contributed by atoms with Crippen LogP contribution in [0.5, 0.6) is 11.5 Å². The summed E-state index contributed by atoms with van der Waals surface area (Å²) in [6, 6.07) is 29.9. The van der Waals surface area contributed by atoms with Crippen molar-refractivity contribution in [3.05, 3.63) is 114 Å². The van der Waals surface area contributed by atoms with Gasteiger partial charge in [0.1, 0.15) is 29.8 Å². The average Bonchev–Trinajstić information content (AvgIpc) is 3.11. The standard InChI is InChI=1S/C38H37NO10/c40-26-13-7-8-22(20-26)23-14-15-27(28(41)21-23)33-37(36(47)39(33)25-11-5-2-6-12-25)16-18-38(19-17-37,24-9-3-1-4-10-24)49-35-31(44)29(42)30(43)32(48-35)34(45)46/h1-15,20-21,29-33,35,40-44H,16-19H2,(H,45,46)/t29-,30-,31?,32?,33+,35-,37?,38?/m0/s1. The predicted molar refractivity (Wildman–Crippen MR) is 176 cm³/mol. The van der Waals surface area contributed by atoms with Gasteiger partial charge in [-0.25, -0.2) is 4.79 Å². The highest BCUT2D eigenvalue weighted by molar-refractivity contribution is 6.06. The molecule has 2 heterocycles. The van der Waals surface area contributed by atoms with E-state index in [4.69, 9.17) is 9.47 Å². The number of carboxylic acid groups (broad SMARTS) is 1. The minimum Gasteiger partial charge on any atom is -0.508 e. The molecule has 0 bridgehead atoms. The zero-order valence-corrected chi connectivity index (χ0v) is 26.4. The van der Waals surface area contributed by atoms with E-state index in [9.17, 15) is 40.2 Å². The maximum absolute atomic E-state index is 14.3. The van der Waals surface area contributed by atoms with Crippen LogP contribution in [0.1, 0.15) is 42.9 Å². The fraction of sp³-hybridized carbons (Fsp3) is 0.316. The highest BCUT2D eigenvalue weighted by atomic mass is 16.7. The van der Waals surface area contributed by atoms with Gasteiger partial charge in [-0.3, -0.25) is 4.79 Å². The second-order valence-corrected chi connectivity index (χ2v) is 13.1. The van der Waals surface area contributed by atoms with Crippen molar-refractivity contribution in [1.82, 2.24) is 0 Å². The number of phenolic OH excluding ortho intramolecular Hbond substituents is 2. The quantitative estimate of drug-likeness (QED) is 0.157. The lowest BCUT2D eigenvalue weighted by Gasteiger charge is -2.60. The van der Waals surface area contributed by atoms with Gasteiger partial charge >= 0.3 is 5.97 Å². The van der Waals surface area contributed by atoms with Gasteiger partial charge in [-0.1, -0.05) is 72.8 Å². The molecule has 0 radical (unpaired) electrons. The van der Waals surface area contributed by atoms with E-state index in [-0.39, 0.29) is 30.2 Å². The van der Waals surface area contributed by atoms with Crippen molar-refractivity contribution in [2.24, 2.45) is 5.41 Å². The Balaban J connectivity index is 1.24. The van der Waals surface area contributed by atoms with E-state index < -0.39 is 53.7 Å². The lowest BCUT2D eigenvalue weighted by Crippen LogP contribution is -2.66. The van der Waals surface area contributed by atoms with Gasteiger partial charge in [0.2, 0.25) is 5.91 Å². The van der Waals surface area contributed by atoms with E-state index >= 15 is 0 Å². The van der Waals surface area contributed by atoms with Crippen molar-refractivity contribution >= 4 is 17.6 Å². The van der Waals surface area contributed by atoms with Crippen LogP contribution in [0.2, 0.25) is 0 Å². The number of phenols is 2. The number of aliphatic hydroxyl groups excluding tert-OH is 3. The normalized spacial score (nSPS) is 31.3. The van der Waals surface area contributed by atoms with Crippen LogP contribution in [0.15, 0.2) is 103 Å². The van der Waals surface area contributed by atoms with E-state index in [0.29, 0.717) is 29.7 Å². The second-order valence-electron chi connectivity index (χ2n) is 13.1. The van der Waals surface area contributed by atoms with Crippen LogP contribution in [-0.4, -0.2) is 73.2 Å². The number of amides is 1. The summed E-state index contributed by atoms with van der Waals surface area (Å²) in [4.78, 5) is 27.9. The number of carbonyl (C=O) groups excluding carboxylic acids is 1. The van der Waals surface area contributed by atoms with Crippen molar-refractivity contribution < 1.29 is 49.7 Å². The Morgan fingerprint density at radius 3 is 2.04 bits per heavy atom. The fourth-order valence-electron chi connectivity index (χ4n) is 7.76. The Bertz CT molecular complexity index is 1840. The van der Waals surface area contributed by atoms with Crippen LogP contribution in [0.4, 0.5) is 5.69 Å². The first-order valence-electron chi connectivity index (χ1n) is 16.2. The summed E-state index contributed by atoms with van der Waals surface area (Å²) in [5, 5.41) is 62.7. The lowest BCUT2D eigenvalue weighted by atomic mass is 9.56. The smallest absolute Gasteiger partial charge is 0.335 e. The molecule has 1 saturated carbocycles. The third-order valence-corrected chi connectivity index (χ3v) is 10.4. The third kappa shape index (κ3) is 5.53. The molecule has 7 rings (SSSR count). The number of ether oxygens (including phenoxy) is 2. The number of aliphatic hydroxyl groups is 3. The van der Waals surface area contributed by atoms with Gasteiger partial charge in [0.15, 0.2) is 12.4 Å². The molecule has 11 nitrogen and oxygen atoms in total. The van der Waals surface area contributed by atoms with Crippen molar-refractivity contribution in [2.45, 2.75) is 68.0 Å². The van der Waals surface area contributed by atoms with E-state index in [1.54, 1.807) is 29.2 Å². The average molecular weight is 668 g/mol. The molecule has 2 aliphatic heterocycles. The molecule has 3 fully saturated rings. The number of carbonyl (C=O) groups is 2. The maximum atomic E-state index is 14.3. The number of para-hydroxylation sites is 1. The first-order valence-corrected chi connectivity index (χ1v) is 16.2. The Kier molecular flexibility index (Phi) is 8.42. The summed E-state index contributed by atoms with van der Waals surface area (Å²) in [7, 11) is 0. The Morgan fingerprint density at radius 2 is 1.41 bits per heavy atom. The molecular weight excluding hydrogens is 630 g/mol. The molecule has 1 amide bonds. The van der Waals surface area contributed by atoms with Gasteiger partial charge in [-0.15, -0.1) is 0 Å². The Morgan fingerprint density at radius 1 is 0.755 bits per heavy atom. The Labute approximate surface area is 282 Å². The van der Waals surface area contributed by atoms with Crippen molar-refractivity contribution in [3.63, 3.8) is 0 Å². The van der Waals surface area contributed by atoms with Crippen LogP contribution in [-0.2, 0) is 24.7 Å². The molecule has 0 aromatic heterocycles. The number of rotatable bonds is 7. The van der Waals surface area contributed by atoms with Gasteiger partial charge in [-0.05, 0) is 72.7 Å². The lowest BCUT2D eigenvalue weighted by molar-refractivity contribution is -0.328. The number of β-lactam (4-membered cyclic amide) rings is 1. The van der Waals surface area contributed by atoms with Gasteiger partial charge in [0, 0.05) is 11.3 Å². The molecule has 2 unspecified atom stereocenters. The fourth-order valence-corrected chi connectivity index (χ4v) is 7.76. The van der Waals surface area contributed by atoms with Crippen molar-refractivity contribution in [3.8, 4) is 22.6 Å². The number of hydrogen-bond donors (Lipinski definition) is 6. The highest BCUT2D eigenvalue weighted by Gasteiger charge is 2.65. The van der Waals surface area contributed by atoms with Gasteiger partial charge in [0.05, 0.1) is 17.1 Å². The number of carboxylic acids is 1. The maximum Gasteiger partial charge on any atom is 0.335 e. The molecule has 4 aromatic carbocycles. The third-order valence-electron chi connectivity index (χ3n) is 10.4. The number of aromatic hydroxyl groups is 2. The largest absolute Gasteiger partial charge is 0.508 e. The highest BCUT2D eigenvalue weighted by Crippen LogP contribution is 2.63. The second kappa shape index (κ2) is 12.6. The number of hydrogen-bond acceptors (Lipinski definition) is 9. The van der Waals surface area contributed by atoms with Crippen LogP contribution in [0.3, 0.4) is 0 Å². The minimum atomic E-state index is -1.86. The predicted octanol–water partition coefficient (Wildman–Crippen LogP) is 4.22. The molecule has 2 saturated heterocycles. The first kappa shape index (κ1) is 32.8. The molecule has 6 N–H and O–H groups in total. The van der Waals surface area contributed by atoms with E-state index in [1.165, 1.54) is 0 Å². The molecule has 11 heteroatoms. The summed E-state index contributed by atoms with van der Waals surface area (Å²) >= 11 is 0. The summed E-state index contributed by atoms with van der Waals surface area (Å²) in [6.45, 7) is 0. The zero-order valence-electron chi connectivity index (χ0n) is 26.4. The molecule has 3 aliphatic rings. The summed E-state index contributed by atoms with van der Waals surface area (Å²) < 4.78 is 12.0. The van der Waals surface area contributed by atoms with Gasteiger partial charge in [-0.2, -0.15) is 0 Å². The van der Waals surface area contributed by atoms with Crippen molar-refractivity contribution in [2.75, 3.05) is 4.90 Å². The molecule has 4 aromatic rings. The molecule has 1 aliphatic carbocycles. The van der Waals surface area contributed by atoms with E-state index in [0.717, 1.165) is 11.1 Å². The van der Waals surface area contributed by atoms with E-state index in [1.807, 2.05) is 78.9 Å². The van der Waals surface area contributed by atoms with Crippen LogP contribution in [0, 0.1) is 5.41 Å². The first-order chi connectivity index (χ1) is 23.5. The van der Waals surface area contributed by atoms with Crippen LogP contribution in [0.25, 0.3) is 11.1 Å². The molecule has 6 atom stereocenters. The van der Waals surface area contributed by atoms with Crippen molar-refractivity contribution in [1.29, 1.82) is 0 Å². The molecule has 49 heavy (non-hydrogen) atoms. The zero-order chi connectivity index (χ0) is 34.5. The number of aliphatic carboxylic acids is 1. The number of benzene rings is 4. The van der Waals surface area contributed by atoms with Crippen LogP contribution < -0.4 is 4.90 Å². The number of anilines is 1. The van der Waals surface area contributed by atoms with Gasteiger partial charge in [0.25, 0.3) is 0 Å². The Hall–Kier alpha value is -4.78. The summed E-state index contributed by atoms with van der Waals surface area (Å²) in [6.07, 6.45) is -7.72. The summed E-state index contributed by atoms with van der Waals surface area (Å²) in [5.41, 5.74) is 1.29.